The predicted octanol–water partition coefficient (Wildman–Crippen LogP) is 3.71. The number of carbonyl (C=O) groups is 1. The Morgan fingerprint density at radius 3 is 2.71 bits per heavy atom. The molecule has 0 radical (unpaired) electrons. The number of urea groups is 1. The van der Waals surface area contributed by atoms with Gasteiger partial charge in [-0.1, -0.05) is 22.0 Å². The second-order valence-electron chi connectivity index (χ2n) is 4.42. The minimum atomic E-state index is -0.280. The molecule has 0 aromatic heterocycles. The number of ether oxygens (including phenoxy) is 1. The summed E-state index contributed by atoms with van der Waals surface area (Å²) in [5.74, 6) is 0.679. The topological polar surface area (TPSA) is 67.6 Å². The maximum Gasteiger partial charge on any atom is 0.326 e. The molecule has 0 aliphatic heterocycles. The third-order valence-electron chi connectivity index (χ3n) is 2.98. The molecule has 2 rings (SSSR count). The van der Waals surface area contributed by atoms with Crippen LogP contribution in [0.4, 0.5) is 21.9 Å². The highest BCUT2D eigenvalue weighted by molar-refractivity contribution is 9.10. The molecule has 110 valence electrons. The third-order valence-corrected chi connectivity index (χ3v) is 3.47. The van der Waals surface area contributed by atoms with Crippen LogP contribution in [-0.2, 0) is 0 Å². The van der Waals surface area contributed by atoms with E-state index < -0.39 is 0 Å². The van der Waals surface area contributed by atoms with Crippen molar-refractivity contribution in [2.24, 2.45) is 0 Å². The number of amides is 2. The van der Waals surface area contributed by atoms with Gasteiger partial charge in [-0.15, -0.1) is 0 Å². The maximum absolute atomic E-state index is 12.3. The lowest BCUT2D eigenvalue weighted by Crippen LogP contribution is -2.31. The summed E-state index contributed by atoms with van der Waals surface area (Å²) < 4.78 is 5.99. The molecule has 0 spiro atoms. The highest BCUT2D eigenvalue weighted by atomic mass is 79.9. The van der Waals surface area contributed by atoms with Gasteiger partial charge in [-0.3, -0.25) is 4.90 Å². The van der Waals surface area contributed by atoms with E-state index in [4.69, 9.17) is 10.5 Å². The number of hydrogen-bond donors (Lipinski definition) is 2. The number of nitrogens with zero attached hydrogens (tertiary/aromatic N) is 1. The first-order valence-electron chi connectivity index (χ1n) is 6.25. The molecular formula is C15H16BrN3O2. The van der Waals surface area contributed by atoms with Crippen molar-refractivity contribution in [1.29, 1.82) is 0 Å². The van der Waals surface area contributed by atoms with Crippen LogP contribution in [0.5, 0.6) is 5.75 Å². The van der Waals surface area contributed by atoms with Gasteiger partial charge in [0.05, 0.1) is 18.5 Å². The third kappa shape index (κ3) is 3.66. The van der Waals surface area contributed by atoms with Crippen molar-refractivity contribution in [2.75, 3.05) is 30.1 Å². The van der Waals surface area contributed by atoms with Gasteiger partial charge >= 0.3 is 6.03 Å². The van der Waals surface area contributed by atoms with E-state index in [0.717, 1.165) is 4.47 Å². The van der Waals surface area contributed by atoms with Crippen LogP contribution >= 0.6 is 15.9 Å². The van der Waals surface area contributed by atoms with Crippen LogP contribution in [0.1, 0.15) is 0 Å². The molecule has 5 nitrogen and oxygen atoms in total. The van der Waals surface area contributed by atoms with Crippen LogP contribution in [0.2, 0.25) is 0 Å². The molecule has 0 bridgehead atoms. The quantitative estimate of drug-likeness (QED) is 0.830. The number of nitrogen functional groups attached to an aromatic ring is 1. The molecule has 6 heteroatoms. The number of rotatable bonds is 3. The Morgan fingerprint density at radius 1 is 1.29 bits per heavy atom. The van der Waals surface area contributed by atoms with Crippen molar-refractivity contribution in [1.82, 2.24) is 0 Å². The summed E-state index contributed by atoms with van der Waals surface area (Å²) >= 11 is 3.34. The number of carbonyl (C=O) groups excluding carboxylic acids is 1. The fourth-order valence-electron chi connectivity index (χ4n) is 1.85. The summed E-state index contributed by atoms with van der Waals surface area (Å²) in [5, 5.41) is 2.80. The number of halogens is 1. The lowest BCUT2D eigenvalue weighted by molar-refractivity contribution is 0.258. The molecule has 0 atom stereocenters. The number of hydrogen-bond acceptors (Lipinski definition) is 3. The van der Waals surface area contributed by atoms with Gasteiger partial charge in [-0.2, -0.15) is 0 Å². The van der Waals surface area contributed by atoms with Gasteiger partial charge < -0.3 is 15.8 Å². The molecular weight excluding hydrogens is 334 g/mol. The number of methoxy groups -OCH3 is 1. The fourth-order valence-corrected chi connectivity index (χ4v) is 2.23. The van der Waals surface area contributed by atoms with E-state index in [1.807, 2.05) is 18.2 Å². The van der Waals surface area contributed by atoms with Crippen molar-refractivity contribution in [2.45, 2.75) is 0 Å². The molecule has 0 unspecified atom stereocenters. The normalized spacial score (nSPS) is 10.0. The lowest BCUT2D eigenvalue weighted by Gasteiger charge is -2.20. The zero-order valence-corrected chi connectivity index (χ0v) is 13.3. The van der Waals surface area contributed by atoms with Crippen LogP contribution in [0.3, 0.4) is 0 Å². The van der Waals surface area contributed by atoms with Crippen LogP contribution < -0.4 is 20.7 Å². The molecule has 2 aromatic rings. The fraction of sp³-hybridized carbons (Fsp3) is 0.133. The number of nitrogens with one attached hydrogen (secondary N) is 1. The Kier molecular flexibility index (Phi) is 4.70. The van der Waals surface area contributed by atoms with E-state index >= 15 is 0 Å². The van der Waals surface area contributed by atoms with Gasteiger partial charge in [-0.05, 0) is 30.3 Å². The van der Waals surface area contributed by atoms with Gasteiger partial charge in [0.1, 0.15) is 5.75 Å². The molecule has 0 aliphatic rings. The van der Waals surface area contributed by atoms with Gasteiger partial charge in [0.25, 0.3) is 0 Å². The minimum absolute atomic E-state index is 0.280. The molecule has 21 heavy (non-hydrogen) atoms. The van der Waals surface area contributed by atoms with Crippen LogP contribution in [0.25, 0.3) is 0 Å². The maximum atomic E-state index is 12.3. The van der Waals surface area contributed by atoms with Crippen molar-refractivity contribution < 1.29 is 9.53 Å². The second kappa shape index (κ2) is 6.49. The van der Waals surface area contributed by atoms with E-state index in [2.05, 4.69) is 21.2 Å². The largest absolute Gasteiger partial charge is 0.497 e. The van der Waals surface area contributed by atoms with Crippen molar-refractivity contribution in [3.05, 3.63) is 46.9 Å². The summed E-state index contributed by atoms with van der Waals surface area (Å²) in [6, 6.07) is 12.2. The van der Waals surface area contributed by atoms with Crippen LogP contribution in [-0.4, -0.2) is 20.2 Å². The number of anilines is 3. The van der Waals surface area contributed by atoms with E-state index in [0.29, 0.717) is 22.8 Å². The Labute approximate surface area is 131 Å². The summed E-state index contributed by atoms with van der Waals surface area (Å²) in [6.07, 6.45) is 0. The van der Waals surface area contributed by atoms with E-state index in [1.54, 1.807) is 38.4 Å². The predicted molar refractivity (Wildman–Crippen MR) is 89.0 cm³/mol. The summed E-state index contributed by atoms with van der Waals surface area (Å²) in [4.78, 5) is 13.7. The SMILES string of the molecule is COc1cccc(NC(=O)N(C)c2ccc(Br)cc2N)c1. The zero-order chi connectivity index (χ0) is 15.4. The average Bonchev–Trinajstić information content (AvgIpc) is 2.46. The summed E-state index contributed by atoms with van der Waals surface area (Å²) in [7, 11) is 3.24. The highest BCUT2D eigenvalue weighted by Crippen LogP contribution is 2.26. The average molecular weight is 350 g/mol. The highest BCUT2D eigenvalue weighted by Gasteiger charge is 2.14. The van der Waals surface area contributed by atoms with Gasteiger partial charge in [-0.25, -0.2) is 4.79 Å². The van der Waals surface area contributed by atoms with E-state index in [9.17, 15) is 4.79 Å². The van der Waals surface area contributed by atoms with E-state index in [1.165, 1.54) is 4.90 Å². The monoisotopic (exact) mass is 349 g/mol. The molecule has 0 fully saturated rings. The smallest absolute Gasteiger partial charge is 0.326 e. The van der Waals surface area contributed by atoms with Crippen molar-refractivity contribution in [3.63, 3.8) is 0 Å². The van der Waals surface area contributed by atoms with Gasteiger partial charge in [0.2, 0.25) is 0 Å². The van der Waals surface area contributed by atoms with Crippen molar-refractivity contribution in [3.8, 4) is 5.75 Å². The van der Waals surface area contributed by atoms with E-state index in [-0.39, 0.29) is 6.03 Å². The first-order valence-corrected chi connectivity index (χ1v) is 7.04. The Balaban J connectivity index is 2.15. The summed E-state index contributed by atoms with van der Waals surface area (Å²) in [5.41, 5.74) is 7.74. The summed E-state index contributed by atoms with van der Waals surface area (Å²) in [6.45, 7) is 0. The number of benzene rings is 2. The molecule has 0 saturated carbocycles. The Hall–Kier alpha value is -2.21. The first kappa shape index (κ1) is 15.2. The standard InChI is InChI=1S/C15H16BrN3O2/c1-19(14-7-6-10(16)8-13(14)17)15(20)18-11-4-3-5-12(9-11)21-2/h3-9H,17H2,1-2H3,(H,18,20). The molecule has 0 saturated heterocycles. The van der Waals surface area contributed by atoms with Crippen molar-refractivity contribution >= 4 is 39.0 Å². The first-order chi connectivity index (χ1) is 10.0. The second-order valence-corrected chi connectivity index (χ2v) is 5.34. The molecule has 0 heterocycles. The van der Waals surface area contributed by atoms with Gasteiger partial charge in [0, 0.05) is 23.3 Å². The minimum Gasteiger partial charge on any atom is -0.497 e. The van der Waals surface area contributed by atoms with Gasteiger partial charge in [0.15, 0.2) is 0 Å². The molecule has 3 N–H and O–H groups in total. The molecule has 2 aromatic carbocycles. The van der Waals surface area contributed by atoms with Crippen LogP contribution in [0, 0.1) is 0 Å². The Bertz CT molecular complexity index is 661. The lowest BCUT2D eigenvalue weighted by atomic mass is 10.2. The van der Waals surface area contributed by atoms with Crippen LogP contribution in [0.15, 0.2) is 46.9 Å². The molecule has 2 amide bonds. The zero-order valence-electron chi connectivity index (χ0n) is 11.8. The Morgan fingerprint density at radius 2 is 2.05 bits per heavy atom. The number of nitrogens with two attached hydrogens (primary N) is 1. The molecule has 0 aliphatic carbocycles.